The molecule has 0 bridgehead atoms. The lowest BCUT2D eigenvalue weighted by Gasteiger charge is -2.12. The van der Waals surface area contributed by atoms with Crippen LogP contribution in [0.3, 0.4) is 0 Å². The molecule has 0 radical (unpaired) electrons. The van der Waals surface area contributed by atoms with Gasteiger partial charge in [-0.05, 0) is 193 Å². The highest BCUT2D eigenvalue weighted by Gasteiger charge is 2.27. The molecule has 0 atom stereocenters. The van der Waals surface area contributed by atoms with Crippen LogP contribution in [0.4, 0.5) is 0 Å². The summed E-state index contributed by atoms with van der Waals surface area (Å²) in [5, 5.41) is 29.3. The SMILES string of the molecule is c1cc(-n2c3ccccc3c3ccccc32)cc(-n2c3ccccc3c3c4c(ccc32)oc2ccccc24)c1.c1ccc2c(c1)oc1c(-n3c4ccccc4c4c5c(ccc43)oc3ccccc35)cccc12.c1ccc2c(c1)oc1ccc3c(c4ccccc4n3-c3ccc(-c4cccc5c4sc4ccccc45)cc3)c12.c1ccc2c(c1)oc1ccc3c(c4ccccc4n3-c3ccc4sc5ccccc5c4c3)c12. The molecule has 0 aliphatic carbocycles. The second-order valence-corrected chi connectivity index (χ2v) is 39.5. The minimum Gasteiger partial charge on any atom is -0.456 e. The van der Waals surface area contributed by atoms with Gasteiger partial charge in [-0.1, -0.05) is 285 Å². The van der Waals surface area contributed by atoms with Crippen molar-refractivity contribution >= 4 is 282 Å². The molecule has 12 heteroatoms. The van der Waals surface area contributed by atoms with Gasteiger partial charge in [0.2, 0.25) is 0 Å². The molecule has 672 valence electrons. The van der Waals surface area contributed by atoms with E-state index in [1.54, 1.807) is 0 Å². The van der Waals surface area contributed by atoms with Gasteiger partial charge in [-0.15, -0.1) is 22.7 Å². The molecule has 0 saturated heterocycles. The Hall–Kier alpha value is -18.7. The average Bonchev–Trinajstić information content (AvgIpc) is 1.56. The Morgan fingerprint density at radius 3 is 0.917 bits per heavy atom. The van der Waals surface area contributed by atoms with Crippen molar-refractivity contribution in [2.24, 2.45) is 0 Å². The zero-order valence-electron chi connectivity index (χ0n) is 77.0. The zero-order chi connectivity index (χ0) is 94.0. The van der Waals surface area contributed by atoms with Gasteiger partial charge >= 0.3 is 0 Å². The third kappa shape index (κ3) is 11.9. The van der Waals surface area contributed by atoms with E-state index in [0.29, 0.717) is 0 Å². The Morgan fingerprint density at radius 1 is 0.153 bits per heavy atom. The maximum absolute atomic E-state index is 6.41. The van der Waals surface area contributed by atoms with Crippen molar-refractivity contribution in [3.63, 3.8) is 0 Å². The summed E-state index contributed by atoms with van der Waals surface area (Å²) >= 11 is 3.74. The van der Waals surface area contributed by atoms with Gasteiger partial charge in [-0.25, -0.2) is 0 Å². The minimum absolute atomic E-state index is 0.901. The Balaban J connectivity index is 0.0000000879. The number of aromatic nitrogens is 5. The molecule has 0 aliphatic heterocycles. The summed E-state index contributed by atoms with van der Waals surface area (Å²) in [4.78, 5) is 0. The highest BCUT2D eigenvalue weighted by molar-refractivity contribution is 7.26. The normalized spacial score (nSPS) is 12.2. The number of thiophene rings is 2. The third-order valence-electron chi connectivity index (χ3n) is 29.7. The number of benzene rings is 22. The highest BCUT2D eigenvalue weighted by atomic mass is 32.1. The summed E-state index contributed by atoms with van der Waals surface area (Å²) in [6.45, 7) is 0. The number of fused-ring (bicyclic) bond motifs is 40. The van der Waals surface area contributed by atoms with Crippen molar-refractivity contribution in [2.75, 3.05) is 0 Å². The Labute approximate surface area is 827 Å². The number of hydrogen-bond donors (Lipinski definition) is 0. The van der Waals surface area contributed by atoms with E-state index < -0.39 is 0 Å². The van der Waals surface area contributed by atoms with E-state index in [1.807, 2.05) is 65.1 Å². The van der Waals surface area contributed by atoms with Crippen LogP contribution in [0.25, 0.3) is 299 Å². The van der Waals surface area contributed by atoms with Crippen molar-refractivity contribution in [3.8, 4) is 39.6 Å². The summed E-state index contributed by atoms with van der Waals surface area (Å²) in [6, 6.07) is 166. The average molecular weight is 1880 g/mol. The maximum Gasteiger partial charge on any atom is 0.159 e. The Morgan fingerprint density at radius 2 is 0.458 bits per heavy atom. The fourth-order valence-corrected chi connectivity index (χ4v) is 26.0. The van der Waals surface area contributed by atoms with Gasteiger partial charge in [0.25, 0.3) is 0 Å². The number of hydrogen-bond acceptors (Lipinski definition) is 7. The minimum atomic E-state index is 0.901. The first kappa shape index (κ1) is 80.3. The van der Waals surface area contributed by atoms with E-state index in [4.69, 9.17) is 22.1 Å². The first-order valence-electron chi connectivity index (χ1n) is 48.7. The topological polar surface area (TPSA) is 90.3 Å². The van der Waals surface area contributed by atoms with Crippen LogP contribution in [0.15, 0.2) is 489 Å². The van der Waals surface area contributed by atoms with Crippen LogP contribution < -0.4 is 0 Å². The molecule has 0 fully saturated rings. The molecular weight excluding hydrogens is 1800 g/mol. The molecular formula is C132H77N5O5S2. The predicted molar refractivity (Wildman–Crippen MR) is 605 cm³/mol. The largest absolute Gasteiger partial charge is 0.456 e. The van der Waals surface area contributed by atoms with E-state index in [1.165, 1.54) is 177 Å². The van der Waals surface area contributed by atoms with Gasteiger partial charge in [0.1, 0.15) is 50.2 Å². The first-order valence-corrected chi connectivity index (χ1v) is 50.4. The van der Waals surface area contributed by atoms with Crippen LogP contribution in [-0.2, 0) is 0 Å². The second kappa shape index (κ2) is 31.4. The van der Waals surface area contributed by atoms with Crippen LogP contribution in [0.2, 0.25) is 0 Å². The van der Waals surface area contributed by atoms with Gasteiger partial charge in [0.05, 0.1) is 60.9 Å². The van der Waals surface area contributed by atoms with Crippen LogP contribution in [0.1, 0.15) is 0 Å². The van der Waals surface area contributed by atoms with Crippen LogP contribution in [-0.4, -0.2) is 22.8 Å². The Bertz CT molecular complexity index is 11300. The summed E-state index contributed by atoms with van der Waals surface area (Å²) in [6.07, 6.45) is 0. The lowest BCUT2D eigenvalue weighted by Crippen LogP contribution is -1.98. The molecule has 0 aliphatic rings. The number of para-hydroxylation sites is 12. The summed E-state index contributed by atoms with van der Waals surface area (Å²) in [5.41, 5.74) is 29.3. The summed E-state index contributed by atoms with van der Waals surface area (Å²) < 4.78 is 48.5. The molecule has 0 unspecified atom stereocenters. The van der Waals surface area contributed by atoms with E-state index in [0.717, 1.165) is 122 Å². The second-order valence-electron chi connectivity index (χ2n) is 37.4. The van der Waals surface area contributed by atoms with Gasteiger partial charge in [-0.3, -0.25) is 0 Å². The van der Waals surface area contributed by atoms with Crippen LogP contribution in [0, 0.1) is 0 Å². The zero-order valence-corrected chi connectivity index (χ0v) is 78.7. The fraction of sp³-hybridized carbons (Fsp3) is 0. The van der Waals surface area contributed by atoms with E-state index >= 15 is 0 Å². The molecule has 34 rings (SSSR count). The van der Waals surface area contributed by atoms with Gasteiger partial charge < -0.3 is 44.9 Å². The number of furan rings is 5. The van der Waals surface area contributed by atoms with Gasteiger partial charge in [0.15, 0.2) is 5.58 Å². The fourth-order valence-electron chi connectivity index (χ4n) is 23.7. The molecule has 12 heterocycles. The molecule has 22 aromatic carbocycles. The van der Waals surface area contributed by atoms with Gasteiger partial charge in [0, 0.05) is 171 Å². The van der Waals surface area contributed by atoms with Crippen LogP contribution in [0.5, 0.6) is 0 Å². The Kier molecular flexibility index (Phi) is 17.5. The lowest BCUT2D eigenvalue weighted by atomic mass is 10.0. The highest BCUT2D eigenvalue weighted by Crippen LogP contribution is 2.51. The van der Waals surface area contributed by atoms with Crippen molar-refractivity contribution in [2.45, 2.75) is 0 Å². The lowest BCUT2D eigenvalue weighted by molar-refractivity contribution is 0.666. The van der Waals surface area contributed by atoms with Crippen LogP contribution >= 0.6 is 22.7 Å². The van der Waals surface area contributed by atoms with Crippen molar-refractivity contribution in [1.29, 1.82) is 0 Å². The molecule has 0 N–H and O–H groups in total. The molecule has 12 aromatic heterocycles. The van der Waals surface area contributed by atoms with E-state index in [9.17, 15) is 0 Å². The standard InChI is InChI=1S/C36H22N2O.C36H21NOS.C30H17NO2.C30H17NOS/c1-5-16-29-25(12-1)26-13-2-6-17-30(26)37(29)23-10-9-11-24(22-23)38-31-18-7-3-14-27(31)35-32(38)20-21-34-36(35)28-15-4-8-19-33(28)39-34;1-4-13-29-27(9-1)34-30(20-21-32-35(34)28-10-2-5-14-31(28)38-32)37(29)23-18-16-22(17-19-23)24-11-7-12-26-25-8-3-6-15-33(25)39-36(24)26;1-4-12-22-20(9-1)28-23(16-17-27-29(28)21-10-3-6-15-26(21)32-27)31(22)24-13-7-11-19-18-8-2-5-14-25(18)33-30(19)24;1-4-10-23-20(8-1)29-24(14-15-26-30(29)21-9-2-5-11-25(21)32-26)31(23)18-13-16-28-22(17-18)19-7-3-6-12-27(19)33-28/h1-22H;1-21H;2*1-17H. The summed E-state index contributed by atoms with van der Waals surface area (Å²) in [7, 11) is 0. The van der Waals surface area contributed by atoms with Crippen molar-refractivity contribution < 1.29 is 22.1 Å². The molecule has 144 heavy (non-hydrogen) atoms. The monoisotopic (exact) mass is 1880 g/mol. The number of nitrogens with zero attached hydrogens (tertiary/aromatic N) is 5. The molecule has 0 saturated carbocycles. The smallest absolute Gasteiger partial charge is 0.159 e. The molecule has 10 nitrogen and oxygen atoms in total. The van der Waals surface area contributed by atoms with E-state index in [-0.39, 0.29) is 0 Å². The van der Waals surface area contributed by atoms with E-state index in [2.05, 4.69) is 447 Å². The maximum atomic E-state index is 6.41. The van der Waals surface area contributed by atoms with Crippen molar-refractivity contribution in [3.05, 3.63) is 467 Å². The molecule has 0 amide bonds. The third-order valence-corrected chi connectivity index (χ3v) is 32.1. The summed E-state index contributed by atoms with van der Waals surface area (Å²) in [5.74, 6) is 0. The molecule has 0 spiro atoms. The first-order chi connectivity index (χ1) is 71.5. The predicted octanol–water partition coefficient (Wildman–Crippen LogP) is 38.1. The van der Waals surface area contributed by atoms with Gasteiger partial charge in [-0.2, -0.15) is 0 Å². The quantitative estimate of drug-likeness (QED) is 0.165. The number of rotatable bonds is 6. The molecule has 34 aromatic rings. The van der Waals surface area contributed by atoms with Crippen molar-refractivity contribution in [1.82, 2.24) is 22.8 Å².